The van der Waals surface area contributed by atoms with Gasteiger partial charge in [-0.25, -0.2) is 0 Å². The molecule has 0 bridgehead atoms. The number of para-hydroxylation sites is 1. The molecule has 1 aliphatic carbocycles. The Morgan fingerprint density at radius 3 is 2.74 bits per heavy atom. The van der Waals surface area contributed by atoms with E-state index in [1.165, 1.54) is 31.0 Å². The third-order valence-electron chi connectivity index (χ3n) is 5.13. The highest BCUT2D eigenvalue weighted by Crippen LogP contribution is 2.29. The number of carbonyl (C=O) groups is 2. The highest BCUT2D eigenvalue weighted by molar-refractivity contribution is 5.99. The molecule has 0 fully saturated rings. The van der Waals surface area contributed by atoms with E-state index in [2.05, 4.69) is 15.6 Å². The van der Waals surface area contributed by atoms with Crippen molar-refractivity contribution in [2.75, 3.05) is 5.32 Å². The molecule has 27 heavy (non-hydrogen) atoms. The molecule has 2 amide bonds. The zero-order chi connectivity index (χ0) is 18.8. The Labute approximate surface area is 158 Å². The van der Waals surface area contributed by atoms with Gasteiger partial charge >= 0.3 is 0 Å². The van der Waals surface area contributed by atoms with E-state index in [9.17, 15) is 9.59 Å². The molecule has 1 heterocycles. The lowest BCUT2D eigenvalue weighted by Crippen LogP contribution is -2.23. The average molecular weight is 361 g/mol. The second-order valence-corrected chi connectivity index (χ2v) is 7.07. The summed E-state index contributed by atoms with van der Waals surface area (Å²) in [5.41, 5.74) is 6.04. The Morgan fingerprint density at radius 1 is 1.07 bits per heavy atom. The largest absolute Gasteiger partial charge is 0.358 e. The molecule has 3 aromatic rings. The first-order chi connectivity index (χ1) is 13.1. The Bertz CT molecular complexity index is 1020. The van der Waals surface area contributed by atoms with E-state index in [-0.39, 0.29) is 11.8 Å². The predicted molar refractivity (Wildman–Crippen MR) is 107 cm³/mol. The molecular weight excluding hydrogens is 338 g/mol. The minimum absolute atomic E-state index is 0.111. The maximum absolute atomic E-state index is 12.7. The van der Waals surface area contributed by atoms with Crippen LogP contribution >= 0.6 is 0 Å². The summed E-state index contributed by atoms with van der Waals surface area (Å²) < 4.78 is 0. The van der Waals surface area contributed by atoms with Gasteiger partial charge in [0.2, 0.25) is 5.91 Å². The van der Waals surface area contributed by atoms with Gasteiger partial charge in [0.15, 0.2) is 0 Å². The first-order valence-corrected chi connectivity index (χ1v) is 9.39. The van der Waals surface area contributed by atoms with Crippen LogP contribution in [0.1, 0.15) is 46.9 Å². The molecule has 0 saturated heterocycles. The van der Waals surface area contributed by atoms with Crippen molar-refractivity contribution in [3.05, 3.63) is 64.8 Å². The average Bonchev–Trinajstić information content (AvgIpc) is 3.04. The summed E-state index contributed by atoms with van der Waals surface area (Å²) in [6.45, 7) is 1.83. The fraction of sp³-hybridized carbons (Fsp3) is 0.273. The van der Waals surface area contributed by atoms with Gasteiger partial charge in [-0.2, -0.15) is 0 Å². The van der Waals surface area contributed by atoms with E-state index in [1.807, 2.05) is 42.5 Å². The van der Waals surface area contributed by atoms with Crippen LogP contribution in [-0.4, -0.2) is 16.8 Å². The number of nitrogens with one attached hydrogen (secondary N) is 3. The first kappa shape index (κ1) is 17.3. The quantitative estimate of drug-likeness (QED) is 0.658. The molecule has 0 unspecified atom stereocenters. The highest BCUT2D eigenvalue weighted by Gasteiger charge is 2.17. The number of hydrogen-bond acceptors (Lipinski definition) is 2. The molecule has 2 aromatic carbocycles. The van der Waals surface area contributed by atoms with Crippen LogP contribution in [0.5, 0.6) is 0 Å². The van der Waals surface area contributed by atoms with Gasteiger partial charge in [0, 0.05) is 41.3 Å². The fourth-order valence-corrected chi connectivity index (χ4v) is 3.81. The molecule has 1 aliphatic rings. The van der Waals surface area contributed by atoms with Crippen molar-refractivity contribution < 1.29 is 9.59 Å². The fourth-order valence-electron chi connectivity index (χ4n) is 3.81. The van der Waals surface area contributed by atoms with E-state index in [1.54, 1.807) is 0 Å². The van der Waals surface area contributed by atoms with Gasteiger partial charge in [-0.15, -0.1) is 0 Å². The summed E-state index contributed by atoms with van der Waals surface area (Å²) in [4.78, 5) is 27.5. The van der Waals surface area contributed by atoms with E-state index >= 15 is 0 Å². The number of carbonyl (C=O) groups excluding carboxylic acids is 2. The number of fused-ring (bicyclic) bond motifs is 3. The first-order valence-electron chi connectivity index (χ1n) is 9.39. The normalized spacial score (nSPS) is 13.2. The van der Waals surface area contributed by atoms with Crippen LogP contribution < -0.4 is 10.6 Å². The summed E-state index contributed by atoms with van der Waals surface area (Å²) in [5, 5.41) is 6.93. The lowest BCUT2D eigenvalue weighted by molar-refractivity contribution is -0.114. The molecule has 0 radical (unpaired) electrons. The Morgan fingerprint density at radius 2 is 1.89 bits per heavy atom. The van der Waals surface area contributed by atoms with Crippen molar-refractivity contribution in [3.8, 4) is 0 Å². The lowest BCUT2D eigenvalue weighted by atomic mass is 9.95. The zero-order valence-electron chi connectivity index (χ0n) is 15.4. The van der Waals surface area contributed by atoms with Gasteiger partial charge in [-0.3, -0.25) is 9.59 Å². The number of aryl methyl sites for hydroxylation is 2. The SMILES string of the molecule is CC(=O)Nc1ccccc1CNC(=O)c1ccc2[nH]c3c(c2c1)CCCC3. The minimum atomic E-state index is -0.128. The van der Waals surface area contributed by atoms with Crippen LogP contribution in [0.25, 0.3) is 10.9 Å². The summed E-state index contributed by atoms with van der Waals surface area (Å²) in [5.74, 6) is -0.239. The molecular formula is C22H23N3O2. The van der Waals surface area contributed by atoms with Crippen LogP contribution in [0.3, 0.4) is 0 Å². The van der Waals surface area contributed by atoms with E-state index < -0.39 is 0 Å². The van der Waals surface area contributed by atoms with Gasteiger partial charge in [0.25, 0.3) is 5.91 Å². The Balaban J connectivity index is 1.53. The second-order valence-electron chi connectivity index (χ2n) is 7.07. The topological polar surface area (TPSA) is 74.0 Å². The molecule has 0 spiro atoms. The molecule has 3 N–H and O–H groups in total. The lowest BCUT2D eigenvalue weighted by Gasteiger charge is -2.12. The summed E-state index contributed by atoms with van der Waals surface area (Å²) in [6, 6.07) is 13.3. The number of aromatic amines is 1. The van der Waals surface area contributed by atoms with Crippen LogP contribution in [-0.2, 0) is 24.2 Å². The Kier molecular flexibility index (Phi) is 4.67. The van der Waals surface area contributed by atoms with Gasteiger partial charge in [0.1, 0.15) is 0 Å². The number of amides is 2. The van der Waals surface area contributed by atoms with Crippen molar-refractivity contribution in [2.45, 2.75) is 39.2 Å². The Hall–Kier alpha value is -3.08. The number of aromatic nitrogens is 1. The number of anilines is 1. The molecule has 0 aliphatic heterocycles. The number of benzene rings is 2. The predicted octanol–water partition coefficient (Wildman–Crippen LogP) is 3.94. The maximum Gasteiger partial charge on any atom is 0.251 e. The molecule has 4 rings (SSSR count). The maximum atomic E-state index is 12.7. The van der Waals surface area contributed by atoms with Gasteiger partial charge in [-0.05, 0) is 61.1 Å². The number of H-pyrrole nitrogens is 1. The van der Waals surface area contributed by atoms with Crippen molar-refractivity contribution >= 4 is 28.4 Å². The minimum Gasteiger partial charge on any atom is -0.358 e. The number of rotatable bonds is 4. The van der Waals surface area contributed by atoms with Gasteiger partial charge < -0.3 is 15.6 Å². The van der Waals surface area contributed by atoms with Crippen molar-refractivity contribution in [2.24, 2.45) is 0 Å². The standard InChI is InChI=1S/C22H23N3O2/c1-14(26)24-19-8-4-2-6-16(19)13-23-22(27)15-10-11-21-18(12-15)17-7-3-5-9-20(17)25-21/h2,4,6,8,10-12,25H,3,5,7,9,13H2,1H3,(H,23,27)(H,24,26). The monoisotopic (exact) mass is 361 g/mol. The van der Waals surface area contributed by atoms with Gasteiger partial charge in [0.05, 0.1) is 0 Å². The molecule has 1 aromatic heterocycles. The summed E-state index contributed by atoms with van der Waals surface area (Å²) in [6.07, 6.45) is 4.59. The van der Waals surface area contributed by atoms with Crippen LogP contribution in [0.15, 0.2) is 42.5 Å². The third kappa shape index (κ3) is 3.58. The number of hydrogen-bond donors (Lipinski definition) is 3. The molecule has 0 saturated carbocycles. The summed E-state index contributed by atoms with van der Waals surface area (Å²) >= 11 is 0. The smallest absolute Gasteiger partial charge is 0.251 e. The van der Waals surface area contributed by atoms with E-state index in [0.29, 0.717) is 12.1 Å². The molecule has 5 heteroatoms. The second kappa shape index (κ2) is 7.27. The molecule has 0 atom stereocenters. The molecule has 5 nitrogen and oxygen atoms in total. The third-order valence-corrected chi connectivity index (χ3v) is 5.13. The zero-order valence-corrected chi connectivity index (χ0v) is 15.4. The van der Waals surface area contributed by atoms with Crippen LogP contribution in [0.4, 0.5) is 5.69 Å². The van der Waals surface area contributed by atoms with E-state index in [4.69, 9.17) is 0 Å². The van der Waals surface area contributed by atoms with Gasteiger partial charge in [-0.1, -0.05) is 18.2 Å². The van der Waals surface area contributed by atoms with Crippen molar-refractivity contribution in [3.63, 3.8) is 0 Å². The van der Waals surface area contributed by atoms with Crippen LogP contribution in [0, 0.1) is 0 Å². The molecule has 138 valence electrons. The van der Waals surface area contributed by atoms with Crippen LogP contribution in [0.2, 0.25) is 0 Å². The summed E-state index contributed by atoms with van der Waals surface area (Å²) in [7, 11) is 0. The van der Waals surface area contributed by atoms with Crippen molar-refractivity contribution in [1.29, 1.82) is 0 Å². The van der Waals surface area contributed by atoms with Crippen molar-refractivity contribution in [1.82, 2.24) is 10.3 Å². The van der Waals surface area contributed by atoms with E-state index in [0.717, 1.165) is 35.0 Å². The highest BCUT2D eigenvalue weighted by atomic mass is 16.2.